The lowest BCUT2D eigenvalue weighted by Crippen LogP contribution is -2.42. The van der Waals surface area contributed by atoms with Gasteiger partial charge in [0.05, 0.1) is 0 Å². The van der Waals surface area contributed by atoms with Crippen molar-refractivity contribution in [2.75, 3.05) is 5.75 Å². The van der Waals surface area contributed by atoms with Crippen LogP contribution >= 0.6 is 11.8 Å². The number of halogens is 1. The van der Waals surface area contributed by atoms with Crippen LogP contribution in [0.1, 0.15) is 50.0 Å². The number of carboxylic acid groups (broad SMARTS) is 1. The highest BCUT2D eigenvalue weighted by Gasteiger charge is 2.41. The molecule has 1 amide bonds. The molecule has 0 aromatic heterocycles. The highest BCUT2D eigenvalue weighted by molar-refractivity contribution is 7.99. The zero-order valence-corrected chi connectivity index (χ0v) is 14.0. The summed E-state index contributed by atoms with van der Waals surface area (Å²) in [6.45, 7) is 2.10. The minimum absolute atomic E-state index is 0.132. The molecule has 2 rings (SSSR count). The van der Waals surface area contributed by atoms with Crippen LogP contribution in [0.2, 0.25) is 0 Å². The first-order valence-corrected chi connectivity index (χ1v) is 9.00. The van der Waals surface area contributed by atoms with Crippen molar-refractivity contribution in [1.82, 2.24) is 4.90 Å². The quantitative estimate of drug-likeness (QED) is 0.767. The molecule has 1 N–H and O–H groups in total. The molecular formula is C17H22FNO3S. The smallest absolute Gasteiger partial charge is 0.327 e. The van der Waals surface area contributed by atoms with Gasteiger partial charge in [0.2, 0.25) is 5.91 Å². The van der Waals surface area contributed by atoms with Crippen LogP contribution in [0.3, 0.4) is 0 Å². The molecule has 0 radical (unpaired) electrons. The van der Waals surface area contributed by atoms with Crippen LogP contribution in [-0.4, -0.2) is 33.7 Å². The summed E-state index contributed by atoms with van der Waals surface area (Å²) in [6.07, 6.45) is 4.27. The standard InChI is InChI=1S/C17H22FNO3S/c1-2-3-4-5-6-15(20)19-14(17(21)22)11-23-16(19)12-7-9-13(18)10-8-12/h7-10,14,16H,2-6,11H2,1H3,(H,21,22). The van der Waals surface area contributed by atoms with Gasteiger partial charge in [-0.05, 0) is 24.1 Å². The predicted octanol–water partition coefficient (Wildman–Crippen LogP) is 3.82. The molecule has 23 heavy (non-hydrogen) atoms. The number of carbonyl (C=O) groups excluding carboxylic acids is 1. The maximum absolute atomic E-state index is 13.1. The first-order valence-electron chi connectivity index (χ1n) is 7.95. The Kier molecular flexibility index (Phi) is 6.45. The summed E-state index contributed by atoms with van der Waals surface area (Å²) in [4.78, 5) is 25.5. The van der Waals surface area contributed by atoms with Crippen LogP contribution < -0.4 is 0 Å². The molecule has 1 aliphatic rings. The van der Waals surface area contributed by atoms with Crippen LogP contribution in [0.25, 0.3) is 0 Å². The lowest BCUT2D eigenvalue weighted by Gasteiger charge is -2.27. The van der Waals surface area contributed by atoms with Crippen molar-refractivity contribution in [2.24, 2.45) is 0 Å². The number of unbranched alkanes of at least 4 members (excludes halogenated alkanes) is 3. The molecule has 4 nitrogen and oxygen atoms in total. The number of aliphatic carboxylic acids is 1. The number of nitrogens with zero attached hydrogens (tertiary/aromatic N) is 1. The van der Waals surface area contributed by atoms with Gasteiger partial charge in [-0.2, -0.15) is 0 Å². The largest absolute Gasteiger partial charge is 0.480 e. The van der Waals surface area contributed by atoms with E-state index in [1.165, 1.54) is 28.8 Å². The van der Waals surface area contributed by atoms with E-state index in [0.717, 1.165) is 31.2 Å². The number of rotatable bonds is 7. The normalized spacial score (nSPS) is 20.7. The van der Waals surface area contributed by atoms with Crippen LogP contribution in [-0.2, 0) is 9.59 Å². The first kappa shape index (κ1) is 17.8. The van der Waals surface area contributed by atoms with Gasteiger partial charge in [-0.25, -0.2) is 9.18 Å². The molecular weight excluding hydrogens is 317 g/mol. The van der Waals surface area contributed by atoms with Gasteiger partial charge >= 0.3 is 5.97 Å². The average molecular weight is 339 g/mol. The maximum Gasteiger partial charge on any atom is 0.327 e. The zero-order chi connectivity index (χ0) is 16.8. The van der Waals surface area contributed by atoms with E-state index in [4.69, 9.17) is 0 Å². The van der Waals surface area contributed by atoms with Crippen LogP contribution in [0, 0.1) is 5.82 Å². The predicted molar refractivity (Wildman–Crippen MR) is 88.6 cm³/mol. The number of amides is 1. The minimum Gasteiger partial charge on any atom is -0.480 e. The van der Waals surface area contributed by atoms with Gasteiger partial charge in [-0.3, -0.25) is 4.79 Å². The molecule has 0 saturated carbocycles. The van der Waals surface area contributed by atoms with Crippen LogP contribution in [0.4, 0.5) is 4.39 Å². The molecule has 1 aromatic rings. The topological polar surface area (TPSA) is 57.6 Å². The van der Waals surface area contributed by atoms with Gasteiger partial charge in [-0.15, -0.1) is 11.8 Å². The monoisotopic (exact) mass is 339 g/mol. The molecule has 2 atom stereocenters. The number of thioether (sulfide) groups is 1. The maximum atomic E-state index is 13.1. The number of carbonyl (C=O) groups is 2. The number of hydrogen-bond acceptors (Lipinski definition) is 3. The molecule has 1 saturated heterocycles. The molecule has 0 spiro atoms. The highest BCUT2D eigenvalue weighted by Crippen LogP contribution is 2.42. The number of carboxylic acids is 1. The van der Waals surface area contributed by atoms with Gasteiger partial charge in [0.15, 0.2) is 0 Å². The zero-order valence-electron chi connectivity index (χ0n) is 13.2. The Morgan fingerprint density at radius 3 is 2.57 bits per heavy atom. The van der Waals surface area contributed by atoms with Crippen molar-refractivity contribution in [3.8, 4) is 0 Å². The average Bonchev–Trinajstić information content (AvgIpc) is 2.97. The van der Waals surface area contributed by atoms with Crippen LogP contribution in [0.15, 0.2) is 24.3 Å². The minimum atomic E-state index is -0.982. The van der Waals surface area contributed by atoms with E-state index in [1.54, 1.807) is 12.1 Å². The Hall–Kier alpha value is -1.56. The summed E-state index contributed by atoms with van der Waals surface area (Å²) in [7, 11) is 0. The van der Waals surface area contributed by atoms with Crippen molar-refractivity contribution in [3.63, 3.8) is 0 Å². The third-order valence-corrected chi connectivity index (χ3v) is 5.30. The Morgan fingerprint density at radius 1 is 1.26 bits per heavy atom. The lowest BCUT2D eigenvalue weighted by molar-refractivity contribution is -0.149. The Labute approximate surface area is 140 Å². The second-order valence-electron chi connectivity index (χ2n) is 5.70. The number of hydrogen-bond donors (Lipinski definition) is 1. The fraction of sp³-hybridized carbons (Fsp3) is 0.529. The summed E-state index contributed by atoms with van der Waals surface area (Å²) in [6, 6.07) is 5.11. The molecule has 6 heteroatoms. The molecule has 1 heterocycles. The summed E-state index contributed by atoms with van der Waals surface area (Å²) in [5.74, 6) is -1.10. The van der Waals surface area contributed by atoms with Crippen molar-refractivity contribution in [1.29, 1.82) is 0 Å². The van der Waals surface area contributed by atoms with E-state index in [2.05, 4.69) is 6.92 Å². The van der Waals surface area contributed by atoms with Crippen molar-refractivity contribution in [2.45, 2.75) is 50.4 Å². The first-order chi connectivity index (χ1) is 11.0. The van der Waals surface area contributed by atoms with Gasteiger partial charge in [0.25, 0.3) is 0 Å². The fourth-order valence-electron chi connectivity index (χ4n) is 2.72. The van der Waals surface area contributed by atoms with E-state index in [-0.39, 0.29) is 17.1 Å². The summed E-state index contributed by atoms with van der Waals surface area (Å²) in [5.41, 5.74) is 0.766. The van der Waals surface area contributed by atoms with Gasteiger partial charge < -0.3 is 10.0 Å². The highest BCUT2D eigenvalue weighted by atomic mass is 32.2. The fourth-order valence-corrected chi connectivity index (χ4v) is 4.16. The molecule has 126 valence electrons. The van der Waals surface area contributed by atoms with E-state index in [1.807, 2.05) is 0 Å². The molecule has 1 fully saturated rings. The van der Waals surface area contributed by atoms with E-state index >= 15 is 0 Å². The van der Waals surface area contributed by atoms with E-state index < -0.39 is 12.0 Å². The third kappa shape index (κ3) is 4.47. The van der Waals surface area contributed by atoms with Gasteiger partial charge in [0, 0.05) is 12.2 Å². The van der Waals surface area contributed by atoms with Crippen LogP contribution in [0.5, 0.6) is 0 Å². The van der Waals surface area contributed by atoms with E-state index in [9.17, 15) is 19.1 Å². The van der Waals surface area contributed by atoms with Crippen molar-refractivity contribution >= 4 is 23.6 Å². The Balaban J connectivity index is 2.12. The summed E-state index contributed by atoms with van der Waals surface area (Å²) >= 11 is 1.42. The second kappa shape index (κ2) is 8.34. The van der Waals surface area contributed by atoms with E-state index in [0.29, 0.717) is 12.2 Å². The molecule has 0 bridgehead atoms. The van der Waals surface area contributed by atoms with Gasteiger partial charge in [0.1, 0.15) is 17.2 Å². The SMILES string of the molecule is CCCCCCC(=O)N1C(C(=O)O)CSC1c1ccc(F)cc1. The van der Waals surface area contributed by atoms with Gasteiger partial charge in [-0.1, -0.05) is 38.3 Å². The second-order valence-corrected chi connectivity index (χ2v) is 6.82. The summed E-state index contributed by atoms with van der Waals surface area (Å²) < 4.78 is 13.1. The van der Waals surface area contributed by atoms with Crippen molar-refractivity contribution in [3.05, 3.63) is 35.6 Å². The Morgan fingerprint density at radius 2 is 1.96 bits per heavy atom. The Bertz CT molecular complexity index is 549. The third-order valence-electron chi connectivity index (χ3n) is 3.97. The molecule has 2 unspecified atom stereocenters. The molecule has 0 aliphatic carbocycles. The van der Waals surface area contributed by atoms with Crippen molar-refractivity contribution < 1.29 is 19.1 Å². The number of benzene rings is 1. The lowest BCUT2D eigenvalue weighted by atomic mass is 10.1. The molecule has 1 aliphatic heterocycles. The molecule has 1 aromatic carbocycles. The summed E-state index contributed by atoms with van der Waals surface area (Å²) in [5, 5.41) is 9.03.